The number of hydrogen-bond acceptors (Lipinski definition) is 6. The van der Waals surface area contributed by atoms with Gasteiger partial charge < -0.3 is 5.11 Å². The number of imide groups is 1. The third-order valence-corrected chi connectivity index (χ3v) is 10.00. The van der Waals surface area contributed by atoms with Crippen LogP contribution in [0.5, 0.6) is 0 Å². The highest BCUT2D eigenvalue weighted by Gasteiger charge is 2.72. The van der Waals surface area contributed by atoms with Crippen molar-refractivity contribution in [3.63, 3.8) is 0 Å². The van der Waals surface area contributed by atoms with Gasteiger partial charge in [0.25, 0.3) is 15.9 Å². The van der Waals surface area contributed by atoms with Gasteiger partial charge in [-0.05, 0) is 43.5 Å². The Balaban J connectivity index is 1.63. The predicted octanol–water partition coefficient (Wildman–Crippen LogP) is 2.34. The molecule has 2 aromatic carbocycles. The molecule has 3 amide bonds. The summed E-state index contributed by atoms with van der Waals surface area (Å²) in [6.45, 7) is 5.06. The normalized spacial score (nSPS) is 28.0. The van der Waals surface area contributed by atoms with Crippen molar-refractivity contribution >= 4 is 43.7 Å². The number of hydrogen-bond donors (Lipinski definition) is 1. The van der Waals surface area contributed by atoms with Gasteiger partial charge >= 0.3 is 0 Å². The van der Waals surface area contributed by atoms with Crippen molar-refractivity contribution in [2.45, 2.75) is 43.9 Å². The molecule has 1 N–H and O–H groups in total. The molecule has 0 saturated carbocycles. The van der Waals surface area contributed by atoms with E-state index in [1.807, 2.05) is 6.92 Å². The first kappa shape index (κ1) is 23.9. The lowest BCUT2D eigenvalue weighted by Gasteiger charge is -2.50. The van der Waals surface area contributed by atoms with Crippen LogP contribution in [-0.2, 0) is 31.0 Å². The molecule has 0 aromatic heterocycles. The zero-order chi connectivity index (χ0) is 25.4. The predicted molar refractivity (Wildman–Crippen MR) is 129 cm³/mol. The van der Waals surface area contributed by atoms with E-state index in [1.54, 1.807) is 56.3 Å². The molecule has 0 radical (unpaired) electrons. The third kappa shape index (κ3) is 3.19. The summed E-state index contributed by atoms with van der Waals surface area (Å²) < 4.78 is 28.3. The molecule has 2 aromatic rings. The molecule has 3 aliphatic heterocycles. The van der Waals surface area contributed by atoms with Gasteiger partial charge in [0.1, 0.15) is 0 Å². The number of nitrogens with zero attached hydrogens (tertiary/aromatic N) is 2. The van der Waals surface area contributed by atoms with Crippen molar-refractivity contribution in [2.24, 2.45) is 11.8 Å². The van der Waals surface area contributed by atoms with E-state index in [-0.39, 0.29) is 15.9 Å². The minimum absolute atomic E-state index is 0.00670. The number of benzene rings is 2. The van der Waals surface area contributed by atoms with Crippen LogP contribution < -0.4 is 0 Å². The van der Waals surface area contributed by atoms with Crippen LogP contribution >= 0.6 is 15.9 Å². The molecule has 3 heterocycles. The maximum Gasteiger partial charge on any atom is 0.274 e. The molecule has 4 aliphatic rings. The van der Waals surface area contributed by atoms with E-state index in [1.165, 1.54) is 6.08 Å². The molecule has 4 atom stereocenters. The number of amides is 3. The van der Waals surface area contributed by atoms with E-state index in [0.29, 0.717) is 21.0 Å². The Labute approximate surface area is 211 Å². The summed E-state index contributed by atoms with van der Waals surface area (Å²) in [5.74, 6) is -5.10. The average molecular weight is 559 g/mol. The highest BCUT2D eigenvalue weighted by molar-refractivity contribution is 9.11. The zero-order valence-electron chi connectivity index (χ0n) is 19.2. The Bertz CT molecular complexity index is 1410. The van der Waals surface area contributed by atoms with Crippen LogP contribution in [0, 0.1) is 32.6 Å². The SMILES string of the molecule is Cc1cc(C)c(S(=O)(=O)N2C(=O)C3(O)C(Br)=CC2C2C(=O)N(Cc4ccccc4)C(=O)C23)c(C)c1. The molecule has 35 heavy (non-hydrogen) atoms. The van der Waals surface area contributed by atoms with Gasteiger partial charge in [0, 0.05) is 4.48 Å². The van der Waals surface area contributed by atoms with Crippen LogP contribution in [0.1, 0.15) is 22.3 Å². The molecule has 8 nitrogen and oxygen atoms in total. The topological polar surface area (TPSA) is 112 Å². The first-order chi connectivity index (χ1) is 16.4. The lowest BCUT2D eigenvalue weighted by atomic mass is 9.68. The second-order valence-corrected chi connectivity index (χ2v) is 12.0. The number of sulfonamides is 1. The standard InChI is InChI=1S/C25H23BrN2O6S/c1-13-9-14(2)21(15(3)10-13)35(33,34)28-17-11-18(26)25(32,24(28)31)20-19(17)22(29)27(23(20)30)12-16-7-5-4-6-8-16/h4-11,17,19-20,32H,12H2,1-3H3. The molecule has 1 aliphatic carbocycles. The Morgan fingerprint density at radius 1 is 1.00 bits per heavy atom. The number of carbonyl (C=O) groups excluding carboxylic acids is 3. The monoisotopic (exact) mass is 558 g/mol. The minimum Gasteiger partial charge on any atom is -0.374 e. The lowest BCUT2D eigenvalue weighted by molar-refractivity contribution is -0.165. The zero-order valence-corrected chi connectivity index (χ0v) is 21.6. The van der Waals surface area contributed by atoms with Gasteiger partial charge in [0.05, 0.1) is 29.3 Å². The van der Waals surface area contributed by atoms with Crippen LogP contribution in [-0.4, -0.2) is 52.1 Å². The Kier molecular flexibility index (Phi) is 5.35. The van der Waals surface area contributed by atoms with Crippen LogP contribution in [0.25, 0.3) is 0 Å². The molecule has 2 fully saturated rings. The molecular weight excluding hydrogens is 536 g/mol. The highest BCUT2D eigenvalue weighted by Crippen LogP contribution is 2.54. The van der Waals surface area contributed by atoms with Crippen molar-refractivity contribution in [3.05, 3.63) is 75.3 Å². The van der Waals surface area contributed by atoms with E-state index in [4.69, 9.17) is 0 Å². The fourth-order valence-electron chi connectivity index (χ4n) is 5.68. The first-order valence-electron chi connectivity index (χ1n) is 11.1. The van der Waals surface area contributed by atoms with E-state index in [2.05, 4.69) is 15.9 Å². The summed E-state index contributed by atoms with van der Waals surface area (Å²) in [4.78, 5) is 41.5. The number of rotatable bonds is 4. The fraction of sp³-hybridized carbons (Fsp3) is 0.320. The van der Waals surface area contributed by atoms with Crippen molar-refractivity contribution in [1.29, 1.82) is 0 Å². The summed E-state index contributed by atoms with van der Waals surface area (Å²) in [7, 11) is -4.46. The first-order valence-corrected chi connectivity index (χ1v) is 13.3. The van der Waals surface area contributed by atoms with Gasteiger partial charge in [-0.1, -0.05) is 64.0 Å². The van der Waals surface area contributed by atoms with Crippen LogP contribution in [0.3, 0.4) is 0 Å². The molecule has 10 heteroatoms. The minimum atomic E-state index is -4.46. The summed E-state index contributed by atoms with van der Waals surface area (Å²) in [5, 5.41) is 11.6. The average Bonchev–Trinajstić information content (AvgIpc) is 3.02. The van der Waals surface area contributed by atoms with Gasteiger partial charge in [0.2, 0.25) is 11.8 Å². The maximum atomic E-state index is 13.9. The van der Waals surface area contributed by atoms with E-state index in [0.717, 1.165) is 10.5 Å². The quantitative estimate of drug-likeness (QED) is 0.576. The number of fused-ring (bicyclic) bond motifs is 1. The van der Waals surface area contributed by atoms with Crippen LogP contribution in [0.4, 0.5) is 0 Å². The Hall–Kier alpha value is -2.82. The van der Waals surface area contributed by atoms with Crippen molar-refractivity contribution in [1.82, 2.24) is 9.21 Å². The smallest absolute Gasteiger partial charge is 0.274 e. The number of aryl methyl sites for hydroxylation is 3. The highest BCUT2D eigenvalue weighted by atomic mass is 79.9. The maximum absolute atomic E-state index is 13.9. The number of aliphatic hydroxyl groups is 1. The van der Waals surface area contributed by atoms with Gasteiger partial charge in [-0.3, -0.25) is 19.3 Å². The second kappa shape index (κ2) is 7.84. The summed E-state index contributed by atoms with van der Waals surface area (Å²) in [6, 6.07) is 11.0. The van der Waals surface area contributed by atoms with Crippen molar-refractivity contribution < 1.29 is 27.9 Å². The number of likely N-dealkylation sites (tertiary alicyclic amines) is 1. The largest absolute Gasteiger partial charge is 0.374 e. The number of piperidine rings is 1. The van der Waals surface area contributed by atoms with Crippen molar-refractivity contribution in [3.8, 4) is 0 Å². The summed E-state index contributed by atoms with van der Waals surface area (Å²) in [6.07, 6.45) is 1.36. The van der Waals surface area contributed by atoms with E-state index < -0.39 is 51.2 Å². The summed E-state index contributed by atoms with van der Waals surface area (Å²) >= 11 is 3.19. The van der Waals surface area contributed by atoms with Gasteiger partial charge in [0.15, 0.2) is 5.60 Å². The molecule has 2 bridgehead atoms. The molecule has 0 spiro atoms. The molecule has 182 valence electrons. The van der Waals surface area contributed by atoms with E-state index in [9.17, 15) is 27.9 Å². The molecular formula is C25H23BrN2O6S. The Morgan fingerprint density at radius 3 is 2.20 bits per heavy atom. The third-order valence-electron chi connectivity index (χ3n) is 7.04. The number of carbonyl (C=O) groups is 3. The van der Waals surface area contributed by atoms with Crippen LogP contribution in [0.15, 0.2) is 57.9 Å². The fourth-order valence-corrected chi connectivity index (χ4v) is 8.36. The van der Waals surface area contributed by atoms with Gasteiger partial charge in [-0.15, -0.1) is 0 Å². The van der Waals surface area contributed by atoms with Gasteiger partial charge in [-0.2, -0.15) is 0 Å². The van der Waals surface area contributed by atoms with Crippen molar-refractivity contribution in [2.75, 3.05) is 0 Å². The second-order valence-electron chi connectivity index (χ2n) is 9.36. The molecule has 4 unspecified atom stereocenters. The van der Waals surface area contributed by atoms with Crippen LogP contribution in [0.2, 0.25) is 0 Å². The van der Waals surface area contributed by atoms with Gasteiger partial charge in [-0.25, -0.2) is 12.7 Å². The molecule has 2 saturated heterocycles. The lowest BCUT2D eigenvalue weighted by Crippen LogP contribution is -2.70. The Morgan fingerprint density at radius 2 is 1.60 bits per heavy atom. The van der Waals surface area contributed by atoms with E-state index >= 15 is 0 Å². The molecule has 6 rings (SSSR count). The summed E-state index contributed by atoms with van der Waals surface area (Å²) in [5.41, 5.74) is -0.0523. The number of halogens is 1.